The number of rotatable bonds is 5. The van der Waals surface area contributed by atoms with Crippen molar-refractivity contribution in [3.05, 3.63) is 54.6 Å². The highest BCUT2D eigenvalue weighted by molar-refractivity contribution is 5.93. The molecule has 1 aromatic carbocycles. The second kappa shape index (κ2) is 10.4. The second-order valence-electron chi connectivity index (χ2n) is 8.99. The van der Waals surface area contributed by atoms with Crippen molar-refractivity contribution in [2.75, 3.05) is 23.3 Å². The normalized spacial score (nSPS) is 17.0. The van der Waals surface area contributed by atoms with Gasteiger partial charge in [0, 0.05) is 54.3 Å². The lowest BCUT2D eigenvalue weighted by Crippen LogP contribution is -2.18. The Morgan fingerprint density at radius 2 is 1.88 bits per heavy atom. The highest BCUT2D eigenvalue weighted by Crippen LogP contribution is 2.33. The van der Waals surface area contributed by atoms with E-state index in [-0.39, 0.29) is 18.2 Å². The summed E-state index contributed by atoms with van der Waals surface area (Å²) in [6.45, 7) is 6.66. The van der Waals surface area contributed by atoms with E-state index in [2.05, 4.69) is 69.0 Å². The van der Waals surface area contributed by atoms with Gasteiger partial charge in [-0.15, -0.1) is 0 Å². The number of hydrogen-bond acceptors (Lipinski definition) is 6. The molecule has 1 saturated carbocycles. The van der Waals surface area contributed by atoms with Gasteiger partial charge >= 0.3 is 0 Å². The molecular formula is C26H30N6O2. The number of nitrogens with zero attached hydrogens (tertiary/aromatic N) is 4. The molecule has 3 aromatic rings. The van der Waals surface area contributed by atoms with Crippen LogP contribution >= 0.6 is 0 Å². The van der Waals surface area contributed by atoms with Gasteiger partial charge in [0.1, 0.15) is 12.1 Å². The van der Waals surface area contributed by atoms with Gasteiger partial charge in [-0.1, -0.05) is 13.0 Å². The van der Waals surface area contributed by atoms with Crippen molar-refractivity contribution < 1.29 is 9.59 Å². The highest BCUT2D eigenvalue weighted by atomic mass is 16.2. The maximum Gasteiger partial charge on any atom is 0.228 e. The van der Waals surface area contributed by atoms with E-state index >= 15 is 0 Å². The molecule has 2 aliphatic rings. The molecule has 1 aliphatic heterocycles. The van der Waals surface area contributed by atoms with E-state index in [0.717, 1.165) is 48.7 Å². The highest BCUT2D eigenvalue weighted by Gasteiger charge is 2.29. The fraction of sp³-hybridized carbons (Fsp3) is 0.346. The minimum absolute atomic E-state index is 0.0418. The number of primary amides is 1. The first-order chi connectivity index (χ1) is 16.5. The minimum atomic E-state index is 0.0418. The van der Waals surface area contributed by atoms with Crippen LogP contribution < -0.4 is 16.0 Å². The molecule has 0 spiro atoms. The number of benzene rings is 1. The number of nitrogens with one attached hydrogen (secondary N) is 1. The van der Waals surface area contributed by atoms with Gasteiger partial charge in [0.15, 0.2) is 0 Å². The molecule has 1 saturated heterocycles. The van der Waals surface area contributed by atoms with Gasteiger partial charge in [0.25, 0.3) is 0 Å². The lowest BCUT2D eigenvalue weighted by Gasteiger charge is -2.20. The lowest BCUT2D eigenvalue weighted by molar-refractivity contribution is -0.117. The Morgan fingerprint density at radius 1 is 1.12 bits per heavy atom. The number of pyridine rings is 1. The van der Waals surface area contributed by atoms with E-state index in [1.807, 2.05) is 12.3 Å². The Hall–Kier alpha value is -3.81. The summed E-state index contributed by atoms with van der Waals surface area (Å²) >= 11 is 0. The number of hydrogen-bond donors (Lipinski definition) is 2. The summed E-state index contributed by atoms with van der Waals surface area (Å²) < 4.78 is 0. The largest absolute Gasteiger partial charge is 0.372 e. The van der Waals surface area contributed by atoms with Crippen molar-refractivity contribution in [3.8, 4) is 22.4 Å². The zero-order valence-corrected chi connectivity index (χ0v) is 19.6. The van der Waals surface area contributed by atoms with Crippen LogP contribution in [0.1, 0.15) is 31.7 Å². The van der Waals surface area contributed by atoms with Crippen LogP contribution in [0.15, 0.2) is 49.1 Å². The summed E-state index contributed by atoms with van der Waals surface area (Å²) in [5, 5.41) is 2.90. The summed E-state index contributed by atoms with van der Waals surface area (Å²) in [6.07, 6.45) is 8.62. The summed E-state index contributed by atoms with van der Waals surface area (Å²) in [4.78, 5) is 36.2. The van der Waals surface area contributed by atoms with Crippen molar-refractivity contribution in [2.45, 2.75) is 33.1 Å². The van der Waals surface area contributed by atoms with Crippen LogP contribution in [0.2, 0.25) is 0 Å². The zero-order valence-electron chi connectivity index (χ0n) is 19.6. The first-order valence-corrected chi connectivity index (χ1v) is 11.6. The Bertz CT molecular complexity index is 1180. The van der Waals surface area contributed by atoms with E-state index in [1.54, 1.807) is 6.20 Å². The van der Waals surface area contributed by atoms with E-state index in [9.17, 15) is 4.79 Å². The number of carbonyl (C=O) groups is 2. The third-order valence-corrected chi connectivity index (χ3v) is 6.22. The van der Waals surface area contributed by atoms with E-state index in [1.165, 1.54) is 29.6 Å². The molecule has 1 unspecified atom stereocenters. The van der Waals surface area contributed by atoms with Crippen molar-refractivity contribution in [3.63, 3.8) is 0 Å². The average molecular weight is 459 g/mol. The molecule has 0 radical (unpaired) electrons. The summed E-state index contributed by atoms with van der Waals surface area (Å²) in [7, 11) is 0. The van der Waals surface area contributed by atoms with E-state index in [4.69, 9.17) is 4.79 Å². The molecule has 5 rings (SSSR count). The topological polar surface area (TPSA) is 114 Å². The molecule has 8 heteroatoms. The monoisotopic (exact) mass is 458 g/mol. The number of amides is 2. The molecule has 3 N–H and O–H groups in total. The maximum absolute atomic E-state index is 12.1. The third-order valence-electron chi connectivity index (χ3n) is 6.22. The first-order valence-electron chi connectivity index (χ1n) is 11.6. The maximum atomic E-state index is 12.1. The Kier molecular flexibility index (Phi) is 7.15. The summed E-state index contributed by atoms with van der Waals surface area (Å²) in [5.41, 5.74) is 10.5. The molecule has 1 atom stereocenters. The van der Waals surface area contributed by atoms with Crippen molar-refractivity contribution in [1.29, 1.82) is 0 Å². The molecule has 34 heavy (non-hydrogen) atoms. The molecule has 2 aromatic heterocycles. The number of anilines is 2. The van der Waals surface area contributed by atoms with Crippen LogP contribution in [-0.2, 0) is 9.59 Å². The number of aromatic nitrogens is 3. The molecule has 2 amide bonds. The number of nitrogens with two attached hydrogens (primary N) is 1. The van der Waals surface area contributed by atoms with Crippen LogP contribution in [0, 0.1) is 18.8 Å². The first kappa shape index (κ1) is 23.4. The van der Waals surface area contributed by atoms with Gasteiger partial charge < -0.3 is 16.0 Å². The predicted molar refractivity (Wildman–Crippen MR) is 133 cm³/mol. The number of aryl methyl sites for hydroxylation is 1. The minimum Gasteiger partial charge on any atom is -0.372 e. The van der Waals surface area contributed by atoms with E-state index < -0.39 is 0 Å². The molecule has 1 aliphatic carbocycles. The van der Waals surface area contributed by atoms with Gasteiger partial charge in [-0.05, 0) is 61.4 Å². The fourth-order valence-electron chi connectivity index (χ4n) is 4.17. The smallest absolute Gasteiger partial charge is 0.228 e. The molecule has 3 heterocycles. The Labute approximate surface area is 199 Å². The van der Waals surface area contributed by atoms with Crippen molar-refractivity contribution >= 4 is 23.8 Å². The Balaban J connectivity index is 0.000000868. The lowest BCUT2D eigenvalue weighted by atomic mass is 9.99. The molecule has 0 bridgehead atoms. The summed E-state index contributed by atoms with van der Waals surface area (Å²) in [5.74, 6) is 1.45. The SMILES string of the molecule is Cc1ccc(N2CCC(C)C2)cc1-c1cncc(-c2cc(NC(=O)C3CC3)ncn2)c1.NC=O. The van der Waals surface area contributed by atoms with Crippen molar-refractivity contribution in [2.24, 2.45) is 17.6 Å². The fourth-order valence-corrected chi connectivity index (χ4v) is 4.17. The summed E-state index contributed by atoms with van der Waals surface area (Å²) in [6, 6.07) is 10.6. The zero-order chi connectivity index (χ0) is 24.1. The van der Waals surface area contributed by atoms with Gasteiger partial charge in [0.2, 0.25) is 12.3 Å². The van der Waals surface area contributed by atoms with Gasteiger partial charge in [-0.25, -0.2) is 9.97 Å². The van der Waals surface area contributed by atoms with Gasteiger partial charge in [-0.3, -0.25) is 14.6 Å². The van der Waals surface area contributed by atoms with Crippen LogP contribution in [-0.4, -0.2) is 40.4 Å². The van der Waals surface area contributed by atoms with Crippen LogP contribution in [0.3, 0.4) is 0 Å². The Morgan fingerprint density at radius 3 is 2.59 bits per heavy atom. The third kappa shape index (κ3) is 5.57. The van der Waals surface area contributed by atoms with Gasteiger partial charge in [0.05, 0.1) is 5.69 Å². The predicted octanol–water partition coefficient (Wildman–Crippen LogP) is 3.81. The molecule has 2 fully saturated rings. The molecule has 8 nitrogen and oxygen atoms in total. The average Bonchev–Trinajstić information content (AvgIpc) is 3.61. The molecular weight excluding hydrogens is 428 g/mol. The van der Waals surface area contributed by atoms with Crippen LogP contribution in [0.5, 0.6) is 0 Å². The van der Waals surface area contributed by atoms with Crippen LogP contribution in [0.25, 0.3) is 22.4 Å². The van der Waals surface area contributed by atoms with E-state index in [0.29, 0.717) is 5.82 Å². The number of carbonyl (C=O) groups excluding carboxylic acids is 2. The van der Waals surface area contributed by atoms with Crippen LogP contribution in [0.4, 0.5) is 11.5 Å². The standard InChI is InChI=1S/C25H27N5O.CH3NO/c1-16-7-8-30(14-16)21-6-3-17(2)22(10-21)19-9-20(13-26-12-19)23-11-24(28-15-27-23)29-25(31)18-4-5-18;2-1-3/h3,6,9-13,15-16,18H,4-5,7-8,14H2,1-2H3,(H,27,28,29,31);1H,(H2,2,3). The quantitative estimate of drug-likeness (QED) is 0.562. The second-order valence-corrected chi connectivity index (χ2v) is 8.99. The van der Waals surface area contributed by atoms with Gasteiger partial charge in [-0.2, -0.15) is 0 Å². The molecule has 176 valence electrons. The van der Waals surface area contributed by atoms with Crippen molar-refractivity contribution in [1.82, 2.24) is 15.0 Å².